The fourth-order valence-electron chi connectivity index (χ4n) is 4.10. The largest absolute Gasteiger partial charge is 0.490 e. The number of esters is 1. The van der Waals surface area contributed by atoms with Gasteiger partial charge in [-0.2, -0.15) is 5.26 Å². The molecule has 37 heavy (non-hydrogen) atoms. The molecule has 0 spiro atoms. The summed E-state index contributed by atoms with van der Waals surface area (Å²) in [6.07, 6.45) is 0.788. The van der Waals surface area contributed by atoms with Crippen LogP contribution in [0.1, 0.15) is 66.1 Å². The molecule has 0 aliphatic carbocycles. The summed E-state index contributed by atoms with van der Waals surface area (Å²) in [5.74, 6) is 0.305. The molecule has 4 rings (SSSR count). The van der Waals surface area contributed by atoms with Crippen LogP contribution in [0.15, 0.2) is 66.1 Å². The molecule has 1 atom stereocenters. The lowest BCUT2D eigenvalue weighted by atomic mass is 9.83. The predicted octanol–water partition coefficient (Wildman–Crippen LogP) is 7.34. The molecule has 8 heteroatoms. The molecule has 3 aromatic rings. The highest BCUT2D eigenvalue weighted by Crippen LogP contribution is 2.44. The van der Waals surface area contributed by atoms with Gasteiger partial charge in [0, 0.05) is 11.6 Å². The Morgan fingerprint density at radius 2 is 1.78 bits per heavy atom. The van der Waals surface area contributed by atoms with Gasteiger partial charge in [-0.15, -0.1) is 0 Å². The number of allylic oxidation sites excluding steroid dienone is 1. The highest BCUT2D eigenvalue weighted by Gasteiger charge is 2.31. The van der Waals surface area contributed by atoms with Crippen LogP contribution in [0.2, 0.25) is 10.0 Å². The molecule has 0 saturated heterocycles. The SMILES string of the molecule is CCCOc1c(Cl)cc(C(=O)Oc2ccc3c(c2)OC(N)=C(C#N)C3c2ccc(C(C)C)cc2)cc1Cl. The fourth-order valence-corrected chi connectivity index (χ4v) is 4.70. The molecular formula is C29H26Cl2N2O4. The molecule has 6 nitrogen and oxygen atoms in total. The van der Waals surface area contributed by atoms with E-state index in [4.69, 9.17) is 43.1 Å². The van der Waals surface area contributed by atoms with Crippen LogP contribution in [0.3, 0.4) is 0 Å². The van der Waals surface area contributed by atoms with E-state index in [-0.39, 0.29) is 27.2 Å². The number of nitriles is 1. The monoisotopic (exact) mass is 536 g/mol. The molecule has 1 heterocycles. The number of ether oxygens (including phenoxy) is 3. The zero-order valence-electron chi connectivity index (χ0n) is 20.7. The Hall–Kier alpha value is -3.66. The van der Waals surface area contributed by atoms with Gasteiger partial charge in [-0.05, 0) is 41.7 Å². The molecule has 0 amide bonds. The first kappa shape index (κ1) is 26.4. The van der Waals surface area contributed by atoms with Gasteiger partial charge >= 0.3 is 5.97 Å². The molecule has 1 aliphatic heterocycles. The first-order valence-corrected chi connectivity index (χ1v) is 12.6. The van der Waals surface area contributed by atoms with E-state index < -0.39 is 11.9 Å². The topological polar surface area (TPSA) is 94.6 Å². The number of halogens is 2. The standard InChI is InChI=1S/C29H26Cl2N2O4/c1-4-11-35-27-23(30)12-19(13-24(27)31)29(34)36-20-9-10-21-25(14-20)37-28(33)22(15-32)26(21)18-7-5-17(6-8-18)16(2)3/h5-10,12-14,16,26H,4,11,33H2,1-3H3. The number of fused-ring (bicyclic) bond motifs is 1. The number of benzene rings is 3. The Labute approximate surface area is 226 Å². The summed E-state index contributed by atoms with van der Waals surface area (Å²) in [7, 11) is 0. The lowest BCUT2D eigenvalue weighted by Crippen LogP contribution is -2.21. The Morgan fingerprint density at radius 1 is 1.11 bits per heavy atom. The maximum Gasteiger partial charge on any atom is 0.343 e. The van der Waals surface area contributed by atoms with Gasteiger partial charge in [0.15, 0.2) is 5.75 Å². The summed E-state index contributed by atoms with van der Waals surface area (Å²) >= 11 is 12.5. The zero-order chi connectivity index (χ0) is 26.7. The highest BCUT2D eigenvalue weighted by atomic mass is 35.5. The van der Waals surface area contributed by atoms with Crippen LogP contribution in [0.25, 0.3) is 0 Å². The minimum atomic E-state index is -0.649. The minimum absolute atomic E-state index is 0.0117. The van der Waals surface area contributed by atoms with Crippen LogP contribution in [-0.2, 0) is 0 Å². The van der Waals surface area contributed by atoms with E-state index in [1.54, 1.807) is 18.2 Å². The third-order valence-electron chi connectivity index (χ3n) is 6.02. The molecule has 0 bridgehead atoms. The van der Waals surface area contributed by atoms with Crippen molar-refractivity contribution in [2.24, 2.45) is 5.73 Å². The molecule has 0 radical (unpaired) electrons. The first-order valence-electron chi connectivity index (χ1n) is 11.9. The second kappa shape index (κ2) is 11.2. The molecule has 0 fully saturated rings. The van der Waals surface area contributed by atoms with Crippen molar-refractivity contribution in [1.29, 1.82) is 5.26 Å². The molecule has 1 unspecified atom stereocenters. The number of hydrogen-bond acceptors (Lipinski definition) is 6. The van der Waals surface area contributed by atoms with Crippen molar-refractivity contribution in [3.8, 4) is 23.3 Å². The Morgan fingerprint density at radius 3 is 2.38 bits per heavy atom. The van der Waals surface area contributed by atoms with Crippen molar-refractivity contribution in [3.63, 3.8) is 0 Å². The third-order valence-corrected chi connectivity index (χ3v) is 6.58. The first-order chi connectivity index (χ1) is 17.7. The van der Waals surface area contributed by atoms with Crippen LogP contribution >= 0.6 is 23.2 Å². The van der Waals surface area contributed by atoms with Gasteiger partial charge in [0.2, 0.25) is 5.88 Å². The smallest absolute Gasteiger partial charge is 0.343 e. The van der Waals surface area contributed by atoms with Gasteiger partial charge in [-0.25, -0.2) is 4.79 Å². The predicted molar refractivity (Wildman–Crippen MR) is 143 cm³/mol. The number of rotatable bonds is 7. The van der Waals surface area contributed by atoms with Crippen molar-refractivity contribution in [2.75, 3.05) is 6.61 Å². The van der Waals surface area contributed by atoms with Crippen molar-refractivity contribution in [3.05, 3.63) is 98.4 Å². The number of nitrogens with zero attached hydrogens (tertiary/aromatic N) is 1. The maximum atomic E-state index is 12.8. The highest BCUT2D eigenvalue weighted by molar-refractivity contribution is 6.37. The van der Waals surface area contributed by atoms with Crippen LogP contribution in [0.5, 0.6) is 17.2 Å². The summed E-state index contributed by atoms with van der Waals surface area (Å²) in [6.45, 7) is 6.66. The summed E-state index contributed by atoms with van der Waals surface area (Å²) in [5, 5.41) is 10.2. The van der Waals surface area contributed by atoms with Gasteiger partial charge < -0.3 is 19.9 Å². The molecule has 2 N–H and O–H groups in total. The van der Waals surface area contributed by atoms with Gasteiger partial charge in [0.05, 0.1) is 28.1 Å². The second-order valence-corrected chi connectivity index (χ2v) is 9.77. The average Bonchev–Trinajstić information content (AvgIpc) is 2.87. The van der Waals surface area contributed by atoms with Gasteiger partial charge in [-0.1, -0.05) is 74.3 Å². The summed E-state index contributed by atoms with van der Waals surface area (Å²) in [5.41, 5.74) is 9.46. The number of carbonyl (C=O) groups is 1. The van der Waals surface area contributed by atoms with E-state index in [0.717, 1.165) is 17.5 Å². The van der Waals surface area contributed by atoms with E-state index in [0.29, 0.717) is 29.6 Å². The number of hydrogen-bond donors (Lipinski definition) is 1. The van der Waals surface area contributed by atoms with E-state index in [9.17, 15) is 10.1 Å². The van der Waals surface area contributed by atoms with E-state index in [1.165, 1.54) is 17.7 Å². The van der Waals surface area contributed by atoms with E-state index in [2.05, 4.69) is 19.9 Å². The van der Waals surface area contributed by atoms with Crippen molar-refractivity contribution in [2.45, 2.75) is 39.0 Å². The number of carbonyl (C=O) groups excluding carboxylic acids is 1. The molecular weight excluding hydrogens is 511 g/mol. The van der Waals surface area contributed by atoms with Crippen molar-refractivity contribution >= 4 is 29.2 Å². The molecule has 1 aliphatic rings. The third kappa shape index (κ3) is 5.53. The summed E-state index contributed by atoms with van der Waals surface area (Å²) in [6, 6.07) is 18.2. The van der Waals surface area contributed by atoms with E-state index in [1.807, 2.05) is 31.2 Å². The molecule has 0 aromatic heterocycles. The van der Waals surface area contributed by atoms with Crippen LogP contribution in [0.4, 0.5) is 0 Å². The van der Waals surface area contributed by atoms with Crippen LogP contribution in [0, 0.1) is 11.3 Å². The van der Waals surface area contributed by atoms with Gasteiger partial charge in [-0.3, -0.25) is 0 Å². The van der Waals surface area contributed by atoms with Crippen LogP contribution in [-0.4, -0.2) is 12.6 Å². The van der Waals surface area contributed by atoms with Crippen LogP contribution < -0.4 is 19.9 Å². The number of nitrogens with two attached hydrogens (primary N) is 1. The lowest BCUT2D eigenvalue weighted by molar-refractivity contribution is 0.0734. The minimum Gasteiger partial charge on any atom is -0.490 e. The summed E-state index contributed by atoms with van der Waals surface area (Å²) < 4.78 is 16.9. The van der Waals surface area contributed by atoms with Crippen molar-refractivity contribution in [1.82, 2.24) is 0 Å². The zero-order valence-corrected chi connectivity index (χ0v) is 22.2. The molecule has 0 saturated carbocycles. The normalized spacial score (nSPS) is 14.6. The average molecular weight is 537 g/mol. The molecule has 3 aromatic carbocycles. The molecule has 190 valence electrons. The summed E-state index contributed by atoms with van der Waals surface area (Å²) in [4.78, 5) is 12.8. The second-order valence-electron chi connectivity index (χ2n) is 8.95. The van der Waals surface area contributed by atoms with Crippen molar-refractivity contribution < 1.29 is 19.0 Å². The van der Waals surface area contributed by atoms with Gasteiger partial charge in [0.1, 0.15) is 23.1 Å². The Bertz CT molecular complexity index is 1390. The van der Waals surface area contributed by atoms with Gasteiger partial charge in [0.25, 0.3) is 0 Å². The Balaban J connectivity index is 1.62. The quantitative estimate of drug-likeness (QED) is 0.250. The Kier molecular flexibility index (Phi) is 7.97. The maximum absolute atomic E-state index is 12.8. The lowest BCUT2D eigenvalue weighted by Gasteiger charge is -2.27. The fraction of sp³-hybridized carbons (Fsp3) is 0.241. The van der Waals surface area contributed by atoms with E-state index >= 15 is 0 Å².